The van der Waals surface area contributed by atoms with Crippen molar-refractivity contribution in [2.75, 3.05) is 57.3 Å². The highest BCUT2D eigenvalue weighted by molar-refractivity contribution is 5.88. The standard InChI is InChI=1S/C30H45N7O2/c1-23(2)36-18-7-9-25(36)22-39-30-32-27-11-4-3-10-26(27)29(33-30)35-19-20-37(24(21-35)13-14-31)28(38)12-8-17-34-15-5-6-16-34/h8,12,23-25H,3-7,9-11,13,15-22H2,1-2H3/b12-8+/t24-,25-/m0/s1. The molecule has 3 saturated heterocycles. The molecule has 3 fully saturated rings. The number of piperazine rings is 1. The van der Waals surface area contributed by atoms with Gasteiger partial charge < -0.3 is 14.5 Å². The Hall–Kier alpha value is -2.70. The van der Waals surface area contributed by atoms with Gasteiger partial charge in [0.1, 0.15) is 12.4 Å². The van der Waals surface area contributed by atoms with Crippen molar-refractivity contribution in [3.8, 4) is 12.1 Å². The van der Waals surface area contributed by atoms with Gasteiger partial charge in [-0.15, -0.1) is 0 Å². The third-order valence-electron chi connectivity index (χ3n) is 8.85. The number of hydrogen-bond acceptors (Lipinski definition) is 8. The largest absolute Gasteiger partial charge is 0.462 e. The lowest BCUT2D eigenvalue weighted by Gasteiger charge is -2.41. The molecule has 9 heteroatoms. The number of hydrogen-bond donors (Lipinski definition) is 0. The molecular weight excluding hydrogens is 490 g/mol. The first-order chi connectivity index (χ1) is 19.0. The van der Waals surface area contributed by atoms with E-state index in [-0.39, 0.29) is 11.9 Å². The average molecular weight is 536 g/mol. The van der Waals surface area contributed by atoms with Crippen molar-refractivity contribution in [3.05, 3.63) is 23.4 Å². The predicted octanol–water partition coefficient (Wildman–Crippen LogP) is 3.19. The third-order valence-corrected chi connectivity index (χ3v) is 8.85. The molecule has 2 atom stereocenters. The molecule has 3 aliphatic heterocycles. The summed E-state index contributed by atoms with van der Waals surface area (Å²) in [6, 6.07) is 3.54. The number of aromatic nitrogens is 2. The summed E-state index contributed by atoms with van der Waals surface area (Å²) in [6.45, 7) is 11.2. The van der Waals surface area contributed by atoms with Crippen LogP contribution in [0.1, 0.15) is 70.1 Å². The molecule has 1 amide bonds. The van der Waals surface area contributed by atoms with E-state index in [1.807, 2.05) is 11.0 Å². The van der Waals surface area contributed by atoms with E-state index in [0.717, 1.165) is 69.8 Å². The monoisotopic (exact) mass is 535 g/mol. The topological polar surface area (TPSA) is 88.8 Å². The van der Waals surface area contributed by atoms with E-state index in [1.54, 1.807) is 6.08 Å². The fourth-order valence-corrected chi connectivity index (χ4v) is 6.75. The first kappa shape index (κ1) is 27.9. The summed E-state index contributed by atoms with van der Waals surface area (Å²) in [6.07, 6.45) is 13.0. The lowest BCUT2D eigenvalue weighted by atomic mass is 9.95. The van der Waals surface area contributed by atoms with E-state index in [2.05, 4.69) is 34.6 Å². The Bertz CT molecular complexity index is 1060. The quantitative estimate of drug-likeness (QED) is 0.446. The van der Waals surface area contributed by atoms with Crippen LogP contribution in [0.4, 0.5) is 5.82 Å². The molecule has 9 nitrogen and oxygen atoms in total. The Morgan fingerprint density at radius 2 is 1.87 bits per heavy atom. The van der Waals surface area contributed by atoms with Gasteiger partial charge in [-0.3, -0.25) is 14.6 Å². The Balaban J connectivity index is 1.29. The second-order valence-corrected chi connectivity index (χ2v) is 11.8. The first-order valence-corrected chi connectivity index (χ1v) is 15.1. The van der Waals surface area contributed by atoms with Crippen LogP contribution in [0, 0.1) is 11.3 Å². The summed E-state index contributed by atoms with van der Waals surface area (Å²) < 4.78 is 6.27. The van der Waals surface area contributed by atoms with Crippen LogP contribution in [0.5, 0.6) is 6.01 Å². The summed E-state index contributed by atoms with van der Waals surface area (Å²) in [5, 5.41) is 9.58. The number of nitriles is 1. The molecule has 0 spiro atoms. The number of fused-ring (bicyclic) bond motifs is 1. The number of nitrogens with zero attached hydrogens (tertiary/aromatic N) is 7. The lowest BCUT2D eigenvalue weighted by Crippen LogP contribution is -2.55. The summed E-state index contributed by atoms with van der Waals surface area (Å²) >= 11 is 0. The highest BCUT2D eigenvalue weighted by Crippen LogP contribution is 2.32. The number of aryl methyl sites for hydroxylation is 1. The fraction of sp³-hybridized carbons (Fsp3) is 0.733. The summed E-state index contributed by atoms with van der Waals surface area (Å²) in [4.78, 5) is 32.0. The second-order valence-electron chi connectivity index (χ2n) is 11.8. The van der Waals surface area contributed by atoms with Crippen molar-refractivity contribution in [1.82, 2.24) is 24.7 Å². The van der Waals surface area contributed by atoms with Gasteiger partial charge in [-0.2, -0.15) is 15.2 Å². The maximum absolute atomic E-state index is 13.1. The molecule has 0 saturated carbocycles. The zero-order valence-corrected chi connectivity index (χ0v) is 23.9. The number of carbonyl (C=O) groups is 1. The Kier molecular flexibility index (Phi) is 9.36. The van der Waals surface area contributed by atoms with Crippen LogP contribution in [-0.4, -0.2) is 101 Å². The van der Waals surface area contributed by atoms with Gasteiger partial charge in [-0.05, 0) is 84.8 Å². The summed E-state index contributed by atoms with van der Waals surface area (Å²) in [5.74, 6) is 0.954. The number of amides is 1. The SMILES string of the molecule is CC(C)N1CCC[C@H]1COc1nc2c(c(N3CCN(C(=O)/C=C/CN4CCCC4)[C@@H](CC#N)C3)n1)CCCC2. The smallest absolute Gasteiger partial charge is 0.318 e. The maximum Gasteiger partial charge on any atom is 0.318 e. The zero-order valence-electron chi connectivity index (χ0n) is 23.9. The van der Waals surface area contributed by atoms with Gasteiger partial charge in [0.25, 0.3) is 0 Å². The van der Waals surface area contributed by atoms with Crippen LogP contribution in [0.15, 0.2) is 12.2 Å². The second kappa shape index (κ2) is 13.1. The van der Waals surface area contributed by atoms with Crippen molar-refractivity contribution in [2.45, 2.75) is 89.8 Å². The molecule has 4 heterocycles. The molecule has 0 bridgehead atoms. The van der Waals surface area contributed by atoms with E-state index in [9.17, 15) is 10.1 Å². The van der Waals surface area contributed by atoms with E-state index in [1.165, 1.54) is 24.8 Å². The van der Waals surface area contributed by atoms with E-state index in [0.29, 0.717) is 50.8 Å². The minimum atomic E-state index is -0.163. The van der Waals surface area contributed by atoms with Crippen LogP contribution in [0.2, 0.25) is 0 Å². The number of likely N-dealkylation sites (tertiary alicyclic amines) is 2. The zero-order chi connectivity index (χ0) is 27.2. The van der Waals surface area contributed by atoms with Gasteiger partial charge in [0.2, 0.25) is 5.91 Å². The number of carbonyl (C=O) groups excluding carboxylic acids is 1. The van der Waals surface area contributed by atoms with Crippen LogP contribution < -0.4 is 9.64 Å². The van der Waals surface area contributed by atoms with E-state index < -0.39 is 0 Å². The summed E-state index contributed by atoms with van der Waals surface area (Å²) in [5.41, 5.74) is 2.33. The predicted molar refractivity (Wildman–Crippen MR) is 152 cm³/mol. The number of anilines is 1. The van der Waals surface area contributed by atoms with Gasteiger partial charge in [0.15, 0.2) is 0 Å². The first-order valence-electron chi connectivity index (χ1n) is 15.1. The van der Waals surface area contributed by atoms with E-state index in [4.69, 9.17) is 14.7 Å². The highest BCUT2D eigenvalue weighted by Gasteiger charge is 2.33. The van der Waals surface area contributed by atoms with Crippen LogP contribution >= 0.6 is 0 Å². The van der Waals surface area contributed by atoms with Gasteiger partial charge >= 0.3 is 6.01 Å². The van der Waals surface area contributed by atoms with Crippen LogP contribution in [0.3, 0.4) is 0 Å². The molecule has 4 aliphatic rings. The molecule has 0 aromatic carbocycles. The van der Waals surface area contributed by atoms with E-state index >= 15 is 0 Å². The Morgan fingerprint density at radius 1 is 1.05 bits per heavy atom. The molecule has 0 unspecified atom stereocenters. The molecule has 212 valence electrons. The molecule has 5 rings (SSSR count). The number of rotatable bonds is 9. The van der Waals surface area contributed by atoms with Crippen molar-refractivity contribution < 1.29 is 9.53 Å². The summed E-state index contributed by atoms with van der Waals surface area (Å²) in [7, 11) is 0. The van der Waals surface area contributed by atoms with Crippen molar-refractivity contribution in [2.24, 2.45) is 0 Å². The van der Waals surface area contributed by atoms with Crippen LogP contribution in [-0.2, 0) is 17.6 Å². The molecule has 0 radical (unpaired) electrons. The van der Waals surface area contributed by atoms with Gasteiger partial charge in [0, 0.05) is 49.9 Å². The third kappa shape index (κ3) is 6.72. The minimum absolute atomic E-state index is 0.00843. The normalized spacial score (nSPS) is 24.5. The molecule has 1 aromatic heterocycles. The minimum Gasteiger partial charge on any atom is -0.462 e. The fourth-order valence-electron chi connectivity index (χ4n) is 6.75. The van der Waals surface area contributed by atoms with Crippen molar-refractivity contribution in [3.63, 3.8) is 0 Å². The van der Waals surface area contributed by atoms with Crippen molar-refractivity contribution in [1.29, 1.82) is 5.26 Å². The molecule has 1 aromatic rings. The Morgan fingerprint density at radius 3 is 2.67 bits per heavy atom. The lowest BCUT2D eigenvalue weighted by molar-refractivity contribution is -0.128. The molecule has 0 N–H and O–H groups in total. The Labute approximate surface area is 233 Å². The highest BCUT2D eigenvalue weighted by atomic mass is 16.5. The molecule has 39 heavy (non-hydrogen) atoms. The van der Waals surface area contributed by atoms with Crippen LogP contribution in [0.25, 0.3) is 0 Å². The number of ether oxygens (including phenoxy) is 1. The molecular formula is C30H45N7O2. The van der Waals surface area contributed by atoms with Gasteiger partial charge in [-0.1, -0.05) is 6.08 Å². The van der Waals surface area contributed by atoms with Gasteiger partial charge in [0.05, 0.1) is 24.2 Å². The maximum atomic E-state index is 13.1. The molecule has 1 aliphatic carbocycles. The van der Waals surface area contributed by atoms with Gasteiger partial charge in [-0.25, -0.2) is 0 Å². The average Bonchev–Trinajstić information content (AvgIpc) is 3.64. The van der Waals surface area contributed by atoms with Crippen molar-refractivity contribution >= 4 is 11.7 Å².